The van der Waals surface area contributed by atoms with Gasteiger partial charge in [-0.05, 0) is 31.6 Å². The molecule has 0 aromatic rings. The van der Waals surface area contributed by atoms with E-state index in [2.05, 4.69) is 38.2 Å². The molecule has 1 heterocycles. The maximum absolute atomic E-state index is 12.3. The van der Waals surface area contributed by atoms with Gasteiger partial charge in [-0.1, -0.05) is 44.6 Å². The lowest BCUT2D eigenvalue weighted by Gasteiger charge is -2.46. The maximum Gasteiger partial charge on any atom is 0.364 e. The zero-order chi connectivity index (χ0) is 25.8. The highest BCUT2D eigenvalue weighted by molar-refractivity contribution is 5.76. The van der Waals surface area contributed by atoms with Gasteiger partial charge in [0.15, 0.2) is 0 Å². The van der Waals surface area contributed by atoms with Crippen molar-refractivity contribution in [1.82, 2.24) is 5.32 Å². The molecule has 0 aromatic heterocycles. The van der Waals surface area contributed by atoms with Gasteiger partial charge in [0.1, 0.15) is 0 Å². The van der Waals surface area contributed by atoms with Crippen LogP contribution < -0.4 is 5.32 Å². The van der Waals surface area contributed by atoms with Gasteiger partial charge in [0.25, 0.3) is 5.79 Å². The lowest BCUT2D eigenvalue weighted by Crippen LogP contribution is -2.65. The van der Waals surface area contributed by atoms with E-state index in [1.165, 1.54) is 12.5 Å². The monoisotopic (exact) mass is 483 g/mol. The Labute approximate surface area is 201 Å². The van der Waals surface area contributed by atoms with Gasteiger partial charge >= 0.3 is 5.97 Å². The van der Waals surface area contributed by atoms with E-state index in [-0.39, 0.29) is 17.8 Å². The molecule has 1 amide bonds. The molecule has 2 aliphatic rings. The lowest BCUT2D eigenvalue weighted by atomic mass is 9.77. The molecule has 0 spiro atoms. The summed E-state index contributed by atoms with van der Waals surface area (Å²) in [6, 6.07) is -0.956. The van der Waals surface area contributed by atoms with Crippen LogP contribution in [-0.2, 0) is 19.1 Å². The average Bonchev–Trinajstić information content (AvgIpc) is 3.00. The zero-order valence-electron chi connectivity index (χ0n) is 21.0. The van der Waals surface area contributed by atoms with Gasteiger partial charge in [-0.3, -0.25) is 4.79 Å². The number of aliphatic hydroxyl groups excluding tert-OH is 3. The Morgan fingerprint density at radius 2 is 2.00 bits per heavy atom. The van der Waals surface area contributed by atoms with Crippen LogP contribution in [-0.4, -0.2) is 75.2 Å². The predicted molar refractivity (Wildman–Crippen MR) is 126 cm³/mol. The number of aliphatic carboxylic acids is 1. The minimum atomic E-state index is -2.17. The minimum Gasteiger partial charge on any atom is -0.477 e. The minimum absolute atomic E-state index is 0.0542. The first-order valence-electron chi connectivity index (χ1n) is 11.9. The largest absolute Gasteiger partial charge is 0.477 e. The summed E-state index contributed by atoms with van der Waals surface area (Å²) in [5.74, 6) is -3.82. The van der Waals surface area contributed by atoms with E-state index in [0.717, 1.165) is 6.42 Å². The molecule has 1 saturated heterocycles. The van der Waals surface area contributed by atoms with Crippen LogP contribution in [0.3, 0.4) is 0 Å². The molecule has 0 bridgehead atoms. The van der Waals surface area contributed by atoms with E-state index in [9.17, 15) is 30.0 Å². The Hall–Kier alpha value is -1.78. The van der Waals surface area contributed by atoms with E-state index in [4.69, 9.17) is 9.47 Å². The third-order valence-electron chi connectivity index (χ3n) is 7.43. The van der Waals surface area contributed by atoms with Crippen molar-refractivity contribution in [2.24, 2.45) is 17.3 Å². The van der Waals surface area contributed by atoms with Crippen LogP contribution in [0.1, 0.15) is 60.8 Å². The second kappa shape index (κ2) is 11.3. The first-order chi connectivity index (χ1) is 15.7. The van der Waals surface area contributed by atoms with Gasteiger partial charge < -0.3 is 35.2 Å². The predicted octanol–water partition coefficient (Wildman–Crippen LogP) is 1.75. The fraction of sp³-hybridized carbons (Fsp3) is 0.760. The Kier molecular flexibility index (Phi) is 9.46. The molecule has 1 aliphatic carbocycles. The molecule has 9 nitrogen and oxygen atoms in total. The van der Waals surface area contributed by atoms with E-state index >= 15 is 0 Å². The molecule has 2 rings (SSSR count). The van der Waals surface area contributed by atoms with E-state index in [1.54, 1.807) is 6.92 Å². The van der Waals surface area contributed by atoms with Gasteiger partial charge in [-0.15, -0.1) is 0 Å². The van der Waals surface area contributed by atoms with Crippen LogP contribution in [0, 0.1) is 17.3 Å². The molecule has 8 unspecified atom stereocenters. The zero-order valence-corrected chi connectivity index (χ0v) is 21.0. The number of carboxylic acid groups (broad SMARTS) is 1. The number of hydrogen-bond donors (Lipinski definition) is 5. The third kappa shape index (κ3) is 6.46. The van der Waals surface area contributed by atoms with Crippen LogP contribution >= 0.6 is 0 Å². The Bertz CT molecular complexity index is 794. The third-order valence-corrected chi connectivity index (χ3v) is 7.43. The molecule has 194 valence electrons. The Balaban J connectivity index is 2.19. The first-order valence-corrected chi connectivity index (χ1v) is 11.9. The number of carboxylic acids is 1. The Morgan fingerprint density at radius 3 is 2.50 bits per heavy atom. The van der Waals surface area contributed by atoms with E-state index < -0.39 is 61.1 Å². The number of ether oxygens (including phenoxy) is 2. The van der Waals surface area contributed by atoms with Crippen molar-refractivity contribution in [1.29, 1.82) is 0 Å². The summed E-state index contributed by atoms with van der Waals surface area (Å²) in [4.78, 5) is 23.9. The van der Waals surface area contributed by atoms with Gasteiger partial charge in [0, 0.05) is 25.7 Å². The van der Waals surface area contributed by atoms with Crippen molar-refractivity contribution in [3.63, 3.8) is 0 Å². The van der Waals surface area contributed by atoms with Crippen LogP contribution in [0.4, 0.5) is 0 Å². The molecule has 0 radical (unpaired) electrons. The number of nitrogens with one attached hydrogen (secondary N) is 1. The molecule has 5 N–H and O–H groups in total. The van der Waals surface area contributed by atoms with Crippen molar-refractivity contribution >= 4 is 11.9 Å². The smallest absolute Gasteiger partial charge is 0.364 e. The first kappa shape index (κ1) is 28.5. The maximum atomic E-state index is 12.3. The van der Waals surface area contributed by atoms with Crippen molar-refractivity contribution in [2.75, 3.05) is 6.61 Å². The lowest BCUT2D eigenvalue weighted by molar-refractivity contribution is -0.311. The summed E-state index contributed by atoms with van der Waals surface area (Å²) in [6.07, 6.45) is 2.59. The summed E-state index contributed by atoms with van der Waals surface area (Å²) in [7, 11) is 0. The number of aliphatic hydroxyl groups is 3. The van der Waals surface area contributed by atoms with E-state index in [1.807, 2.05) is 13.0 Å². The molecule has 34 heavy (non-hydrogen) atoms. The number of carbonyl (C=O) groups excluding carboxylic acids is 1. The fourth-order valence-corrected chi connectivity index (χ4v) is 4.59. The van der Waals surface area contributed by atoms with Gasteiger partial charge in [-0.2, -0.15) is 0 Å². The van der Waals surface area contributed by atoms with Crippen molar-refractivity contribution in [2.45, 2.75) is 97.0 Å². The summed E-state index contributed by atoms with van der Waals surface area (Å²) in [5, 5.41) is 42.5. The number of rotatable bonds is 10. The second-order valence-corrected chi connectivity index (χ2v) is 10.3. The van der Waals surface area contributed by atoms with Crippen LogP contribution in [0.25, 0.3) is 0 Å². The number of amides is 1. The molecule has 8 atom stereocenters. The van der Waals surface area contributed by atoms with Crippen molar-refractivity contribution in [3.05, 3.63) is 23.8 Å². The van der Waals surface area contributed by atoms with Gasteiger partial charge in [0.2, 0.25) is 5.91 Å². The van der Waals surface area contributed by atoms with Gasteiger partial charge in [0.05, 0.1) is 37.1 Å². The normalized spacial score (nSPS) is 33.9. The summed E-state index contributed by atoms with van der Waals surface area (Å²) < 4.78 is 11.8. The standard InChI is InChI=1S/C25H41NO8/c1-14(7-9-18-10-8-15(2)24(18,5)6)16(3)33-25(23(31)32)12-20(30)22(26-17(4)28)21(34-25)11-19(29)13-27/h7-9,14,16,18-22,27,29-30H,10-13H2,1-6H3,(H,26,28)(H,31,32)/b9-7+. The topological polar surface area (TPSA) is 146 Å². The highest BCUT2D eigenvalue weighted by Crippen LogP contribution is 2.44. The molecular formula is C25H41NO8. The summed E-state index contributed by atoms with van der Waals surface area (Å²) in [5.41, 5.74) is 1.40. The Morgan fingerprint density at radius 1 is 1.35 bits per heavy atom. The van der Waals surface area contributed by atoms with Crippen molar-refractivity contribution in [3.8, 4) is 0 Å². The number of allylic oxidation sites excluding steroid dienone is 3. The summed E-state index contributed by atoms with van der Waals surface area (Å²) >= 11 is 0. The molecule has 1 aliphatic heterocycles. The molecule has 0 aromatic carbocycles. The van der Waals surface area contributed by atoms with Crippen LogP contribution in [0.15, 0.2) is 23.8 Å². The SMILES string of the molecule is CC(=O)NC1C(O)CC(OC(C)C(C)/C=C/C2CC=C(C)C2(C)C)(C(=O)O)OC1CC(O)CO. The second-order valence-electron chi connectivity index (χ2n) is 10.3. The van der Waals surface area contributed by atoms with Crippen molar-refractivity contribution < 1.29 is 39.5 Å². The van der Waals surface area contributed by atoms with Crippen LogP contribution in [0.5, 0.6) is 0 Å². The molecule has 0 saturated carbocycles. The fourth-order valence-electron chi connectivity index (χ4n) is 4.59. The van der Waals surface area contributed by atoms with E-state index in [0.29, 0.717) is 5.92 Å². The highest BCUT2D eigenvalue weighted by atomic mass is 16.7. The highest BCUT2D eigenvalue weighted by Gasteiger charge is 2.54. The number of hydrogen-bond acceptors (Lipinski definition) is 7. The summed E-state index contributed by atoms with van der Waals surface area (Å²) in [6.45, 7) is 10.9. The molecule has 1 fully saturated rings. The number of carbonyl (C=O) groups is 2. The van der Waals surface area contributed by atoms with Gasteiger partial charge in [-0.25, -0.2) is 4.79 Å². The van der Waals surface area contributed by atoms with Crippen LogP contribution in [0.2, 0.25) is 0 Å². The molecule has 9 heteroatoms. The quantitative estimate of drug-likeness (QED) is 0.296. The molecular weight excluding hydrogens is 442 g/mol. The average molecular weight is 484 g/mol.